The lowest BCUT2D eigenvalue weighted by atomic mass is 10.2. The lowest BCUT2D eigenvalue weighted by molar-refractivity contribution is -0.128. The summed E-state index contributed by atoms with van der Waals surface area (Å²) in [7, 11) is 0. The molecule has 0 bridgehead atoms. The molecule has 0 unspecified atom stereocenters. The minimum Gasteiger partial charge on any atom is -0.444 e. The van der Waals surface area contributed by atoms with Crippen LogP contribution in [0.4, 0.5) is 4.79 Å². The second-order valence-electron chi connectivity index (χ2n) is 5.19. The van der Waals surface area contributed by atoms with Crippen molar-refractivity contribution in [3.8, 4) is 0 Å². The lowest BCUT2D eigenvalue weighted by Gasteiger charge is -2.31. The molecule has 5 heteroatoms. The van der Waals surface area contributed by atoms with E-state index in [0.29, 0.717) is 0 Å². The summed E-state index contributed by atoms with van der Waals surface area (Å²) in [4.78, 5) is 23.1. The van der Waals surface area contributed by atoms with E-state index in [1.807, 2.05) is 0 Å². The van der Waals surface area contributed by atoms with Crippen LogP contribution >= 0.6 is 0 Å². The first-order valence-electron chi connectivity index (χ1n) is 5.96. The molecule has 2 rings (SSSR count). The zero-order valence-corrected chi connectivity index (χ0v) is 10.8. The molecule has 0 N–H and O–H groups in total. The molecular weight excluding hydrogens is 222 g/mol. The summed E-state index contributed by atoms with van der Waals surface area (Å²) in [5.41, 5.74) is -0.476. The van der Waals surface area contributed by atoms with Gasteiger partial charge < -0.3 is 9.47 Å². The molecule has 17 heavy (non-hydrogen) atoms. The van der Waals surface area contributed by atoms with Gasteiger partial charge in [0, 0.05) is 13.2 Å². The first-order chi connectivity index (χ1) is 7.88. The van der Waals surface area contributed by atoms with Crippen molar-refractivity contribution in [3.63, 3.8) is 0 Å². The van der Waals surface area contributed by atoms with Crippen LogP contribution in [0.3, 0.4) is 0 Å². The molecule has 5 nitrogen and oxygen atoms in total. The van der Waals surface area contributed by atoms with Gasteiger partial charge in [-0.1, -0.05) is 0 Å². The zero-order valence-electron chi connectivity index (χ0n) is 10.8. The quantitative estimate of drug-likeness (QED) is 0.648. The van der Waals surface area contributed by atoms with Gasteiger partial charge in [-0.25, -0.2) is 4.79 Å². The average Bonchev–Trinajstić information content (AvgIpc) is 2.67. The molecule has 2 fully saturated rings. The molecule has 1 amide bonds. The molecule has 0 saturated carbocycles. The Morgan fingerprint density at radius 1 is 1.24 bits per heavy atom. The maximum Gasteiger partial charge on any atom is 0.411 e. The predicted octanol–water partition coefficient (Wildman–Crippen LogP) is 1.60. The van der Waals surface area contributed by atoms with Gasteiger partial charge in [-0.15, -0.1) is 0 Å². The van der Waals surface area contributed by atoms with Gasteiger partial charge in [0.2, 0.25) is 0 Å². The SMILES string of the molecule is C1CCOC1.CC(C)(C)OC(=O)N1CC(=O)C1. The Hall–Kier alpha value is -1.10. The highest BCUT2D eigenvalue weighted by molar-refractivity contribution is 5.94. The van der Waals surface area contributed by atoms with Crippen molar-refractivity contribution in [3.05, 3.63) is 0 Å². The minimum absolute atomic E-state index is 0.0841. The van der Waals surface area contributed by atoms with Crippen LogP contribution in [0.15, 0.2) is 0 Å². The Balaban J connectivity index is 0.000000239. The molecule has 0 radical (unpaired) electrons. The molecule has 0 aliphatic carbocycles. The predicted molar refractivity (Wildman–Crippen MR) is 62.9 cm³/mol. The third-order valence-corrected chi connectivity index (χ3v) is 2.21. The highest BCUT2D eigenvalue weighted by Crippen LogP contribution is 2.12. The molecule has 2 aliphatic heterocycles. The molecule has 0 aromatic heterocycles. The number of hydrogen-bond donors (Lipinski definition) is 0. The first kappa shape index (κ1) is 14.0. The van der Waals surface area contributed by atoms with Crippen molar-refractivity contribution in [2.24, 2.45) is 0 Å². The van der Waals surface area contributed by atoms with Gasteiger partial charge >= 0.3 is 6.09 Å². The van der Waals surface area contributed by atoms with Crippen LogP contribution in [0.5, 0.6) is 0 Å². The van der Waals surface area contributed by atoms with Crippen LogP contribution in [-0.4, -0.2) is 48.7 Å². The molecule has 98 valence electrons. The molecule has 2 heterocycles. The van der Waals surface area contributed by atoms with Gasteiger partial charge in [-0.05, 0) is 33.6 Å². The van der Waals surface area contributed by atoms with E-state index in [9.17, 15) is 9.59 Å². The number of nitrogens with zero attached hydrogens (tertiary/aromatic N) is 1. The number of ketones is 1. The van der Waals surface area contributed by atoms with Crippen molar-refractivity contribution < 1.29 is 19.1 Å². The van der Waals surface area contributed by atoms with E-state index in [1.165, 1.54) is 17.7 Å². The molecule has 0 atom stereocenters. The summed E-state index contributed by atoms with van der Waals surface area (Å²) >= 11 is 0. The third kappa shape index (κ3) is 5.68. The van der Waals surface area contributed by atoms with E-state index in [-0.39, 0.29) is 18.9 Å². The van der Waals surface area contributed by atoms with Gasteiger partial charge in [-0.2, -0.15) is 0 Å². The van der Waals surface area contributed by atoms with Crippen molar-refractivity contribution in [2.45, 2.75) is 39.2 Å². The summed E-state index contributed by atoms with van der Waals surface area (Å²) in [5.74, 6) is 0.0841. The second kappa shape index (κ2) is 6.00. The number of Topliss-reactive ketones (excluding diaryl/α,β-unsaturated/α-hetero) is 1. The molecule has 0 spiro atoms. The van der Waals surface area contributed by atoms with Crippen molar-refractivity contribution in [1.82, 2.24) is 4.90 Å². The summed E-state index contributed by atoms with van der Waals surface area (Å²) in [6.45, 7) is 7.80. The lowest BCUT2D eigenvalue weighted by Crippen LogP contribution is -2.52. The van der Waals surface area contributed by atoms with Gasteiger partial charge in [-0.3, -0.25) is 9.69 Å². The zero-order chi connectivity index (χ0) is 12.9. The van der Waals surface area contributed by atoms with E-state index in [1.54, 1.807) is 20.8 Å². The maximum absolute atomic E-state index is 11.1. The molecule has 0 aromatic rings. The highest BCUT2D eigenvalue weighted by atomic mass is 16.6. The van der Waals surface area contributed by atoms with Gasteiger partial charge in [0.15, 0.2) is 5.78 Å². The van der Waals surface area contributed by atoms with Crippen LogP contribution < -0.4 is 0 Å². The topological polar surface area (TPSA) is 55.8 Å². The average molecular weight is 243 g/mol. The van der Waals surface area contributed by atoms with Gasteiger partial charge in [0.25, 0.3) is 0 Å². The summed E-state index contributed by atoms with van der Waals surface area (Å²) in [5, 5.41) is 0. The first-order valence-corrected chi connectivity index (χ1v) is 5.96. The van der Waals surface area contributed by atoms with Crippen LogP contribution in [0.25, 0.3) is 0 Å². The Morgan fingerprint density at radius 2 is 1.76 bits per heavy atom. The highest BCUT2D eigenvalue weighted by Gasteiger charge is 2.31. The second-order valence-corrected chi connectivity index (χ2v) is 5.19. The standard InChI is InChI=1S/C8H13NO3.C4H8O/c1-8(2,3)12-7(11)9-4-6(10)5-9;1-2-4-5-3-1/h4-5H2,1-3H3;1-4H2. The number of hydrogen-bond acceptors (Lipinski definition) is 4. The van der Waals surface area contributed by atoms with Crippen molar-refractivity contribution in [2.75, 3.05) is 26.3 Å². The van der Waals surface area contributed by atoms with Gasteiger partial charge in [0.05, 0.1) is 13.1 Å². The van der Waals surface area contributed by atoms with Crippen LogP contribution in [0.2, 0.25) is 0 Å². The number of carbonyl (C=O) groups is 2. The summed E-state index contributed by atoms with van der Waals surface area (Å²) in [6.07, 6.45) is 2.15. The van der Waals surface area contributed by atoms with Crippen LogP contribution in [0.1, 0.15) is 33.6 Å². The fourth-order valence-corrected chi connectivity index (χ4v) is 1.35. The monoisotopic (exact) mass is 243 g/mol. The fraction of sp³-hybridized carbons (Fsp3) is 0.833. The maximum atomic E-state index is 11.1. The van der Waals surface area contributed by atoms with E-state index in [2.05, 4.69) is 0 Å². The van der Waals surface area contributed by atoms with E-state index in [0.717, 1.165) is 13.2 Å². The number of ether oxygens (including phenoxy) is 2. The Labute approximate surface area is 102 Å². The number of likely N-dealkylation sites (tertiary alicyclic amines) is 1. The Kier molecular flexibility index (Phi) is 4.93. The van der Waals surface area contributed by atoms with Crippen molar-refractivity contribution >= 4 is 11.9 Å². The number of carbonyl (C=O) groups excluding carboxylic acids is 2. The van der Waals surface area contributed by atoms with Gasteiger partial charge in [0.1, 0.15) is 5.60 Å². The Morgan fingerprint density at radius 3 is 2.06 bits per heavy atom. The Bertz CT molecular complexity index is 263. The number of amides is 1. The van der Waals surface area contributed by atoms with E-state index < -0.39 is 11.7 Å². The number of rotatable bonds is 0. The van der Waals surface area contributed by atoms with Crippen molar-refractivity contribution in [1.29, 1.82) is 0 Å². The third-order valence-electron chi connectivity index (χ3n) is 2.21. The molecule has 2 saturated heterocycles. The fourth-order valence-electron chi connectivity index (χ4n) is 1.35. The van der Waals surface area contributed by atoms with E-state index in [4.69, 9.17) is 9.47 Å². The van der Waals surface area contributed by atoms with E-state index >= 15 is 0 Å². The van der Waals surface area contributed by atoms with Crippen LogP contribution in [-0.2, 0) is 14.3 Å². The summed E-state index contributed by atoms with van der Waals surface area (Å²) in [6, 6.07) is 0. The smallest absolute Gasteiger partial charge is 0.411 e. The largest absolute Gasteiger partial charge is 0.444 e. The normalized spacial score (nSPS) is 19.2. The molecule has 2 aliphatic rings. The van der Waals surface area contributed by atoms with Crippen LogP contribution in [0, 0.1) is 0 Å². The molecular formula is C12H21NO4. The molecule has 0 aromatic carbocycles. The summed E-state index contributed by atoms with van der Waals surface area (Å²) < 4.78 is 9.97. The minimum atomic E-state index is -0.476.